The molecule has 1 atom stereocenters. The summed E-state index contributed by atoms with van der Waals surface area (Å²) in [5, 5.41) is 0.886. The van der Waals surface area contributed by atoms with Crippen LogP contribution in [0.1, 0.15) is 69.8 Å². The van der Waals surface area contributed by atoms with E-state index in [1.165, 1.54) is 0 Å². The Morgan fingerprint density at radius 2 is 1.76 bits per heavy atom. The highest BCUT2D eigenvalue weighted by atomic mass is 32.2. The van der Waals surface area contributed by atoms with Gasteiger partial charge in [-0.2, -0.15) is 0 Å². The quantitative estimate of drug-likeness (QED) is 0.302. The number of nitrogens with one attached hydrogen (secondary N) is 1. The van der Waals surface area contributed by atoms with Crippen LogP contribution in [0, 0.1) is 0 Å². The molecule has 0 aliphatic rings. The minimum absolute atomic E-state index is 0.0905. The molecule has 3 aromatic rings. The Balaban J connectivity index is 1.84. The lowest BCUT2D eigenvalue weighted by atomic mass is 9.98. The van der Waals surface area contributed by atoms with Gasteiger partial charge in [0.2, 0.25) is 10.0 Å². The minimum atomic E-state index is -3.37. The zero-order valence-corrected chi connectivity index (χ0v) is 20.8. The van der Waals surface area contributed by atoms with Crippen molar-refractivity contribution in [3.05, 3.63) is 59.4 Å². The molecule has 0 saturated carbocycles. The molecule has 0 amide bonds. The molecule has 0 fully saturated rings. The maximum atomic E-state index is 12.2. The fourth-order valence-corrected chi connectivity index (χ4v) is 5.09. The van der Waals surface area contributed by atoms with Crippen molar-refractivity contribution in [1.29, 1.82) is 0 Å². The first kappa shape index (κ1) is 25.1. The lowest BCUT2D eigenvalue weighted by Crippen LogP contribution is -2.15. The number of furan rings is 1. The van der Waals surface area contributed by atoms with Crippen LogP contribution in [-0.4, -0.2) is 20.8 Å². The maximum absolute atomic E-state index is 12.2. The predicted molar refractivity (Wildman–Crippen MR) is 133 cm³/mol. The molecule has 0 radical (unpaired) electrons. The van der Waals surface area contributed by atoms with E-state index in [0.29, 0.717) is 31.9 Å². The smallest absolute Gasteiger partial charge is 0.232 e. The van der Waals surface area contributed by atoms with Gasteiger partial charge in [0.25, 0.3) is 0 Å². The van der Waals surface area contributed by atoms with Crippen LogP contribution in [-0.2, 0) is 28.0 Å². The van der Waals surface area contributed by atoms with Gasteiger partial charge in [0, 0.05) is 22.6 Å². The number of ether oxygens (including phenoxy) is 2. The fraction of sp³-hybridized carbons (Fsp3) is 0.462. The van der Waals surface area contributed by atoms with Crippen LogP contribution in [0.2, 0.25) is 0 Å². The highest BCUT2D eigenvalue weighted by Gasteiger charge is 2.20. The first-order valence-electron chi connectivity index (χ1n) is 11.7. The summed E-state index contributed by atoms with van der Waals surface area (Å²) in [6.45, 7) is 9.60. The van der Waals surface area contributed by atoms with Gasteiger partial charge in [0.15, 0.2) is 0 Å². The molecule has 2 aromatic carbocycles. The third-order valence-electron chi connectivity index (χ3n) is 5.49. The normalized spacial score (nSPS) is 12.7. The maximum Gasteiger partial charge on any atom is 0.232 e. The van der Waals surface area contributed by atoms with Gasteiger partial charge in [0.05, 0.1) is 25.6 Å². The molecule has 7 heteroatoms. The molecule has 1 heterocycles. The van der Waals surface area contributed by atoms with E-state index in [2.05, 4.69) is 18.6 Å². The molecule has 1 unspecified atom stereocenters. The Morgan fingerprint density at radius 1 is 1.00 bits per heavy atom. The summed E-state index contributed by atoms with van der Waals surface area (Å²) in [5.41, 5.74) is 3.32. The van der Waals surface area contributed by atoms with Crippen molar-refractivity contribution >= 4 is 26.7 Å². The van der Waals surface area contributed by atoms with Gasteiger partial charge in [-0.1, -0.05) is 39.3 Å². The Kier molecular flexibility index (Phi) is 8.80. The number of hydrogen-bond acceptors (Lipinski definition) is 5. The van der Waals surface area contributed by atoms with E-state index in [4.69, 9.17) is 13.9 Å². The number of anilines is 1. The average Bonchev–Trinajstić information content (AvgIpc) is 3.13. The number of rotatable bonds is 13. The van der Waals surface area contributed by atoms with Crippen molar-refractivity contribution in [3.63, 3.8) is 0 Å². The van der Waals surface area contributed by atoms with Gasteiger partial charge < -0.3 is 13.9 Å². The number of fused-ring (bicyclic) bond motifs is 1. The first-order valence-corrected chi connectivity index (χ1v) is 13.4. The minimum Gasteiger partial charge on any atom is -0.494 e. The number of benzene rings is 2. The fourth-order valence-electron chi connectivity index (χ4n) is 3.96. The van der Waals surface area contributed by atoms with Crippen LogP contribution < -0.4 is 9.46 Å². The van der Waals surface area contributed by atoms with Crippen molar-refractivity contribution in [2.24, 2.45) is 0 Å². The Morgan fingerprint density at radius 3 is 2.42 bits per heavy atom. The van der Waals surface area contributed by atoms with Crippen molar-refractivity contribution in [2.75, 3.05) is 17.1 Å². The lowest BCUT2D eigenvalue weighted by molar-refractivity contribution is 0.106. The van der Waals surface area contributed by atoms with Crippen molar-refractivity contribution < 1.29 is 22.3 Å². The molecule has 6 nitrogen and oxygen atoms in total. The lowest BCUT2D eigenvalue weighted by Gasteiger charge is -2.11. The zero-order chi connectivity index (χ0) is 23.8. The van der Waals surface area contributed by atoms with Crippen LogP contribution in [0.4, 0.5) is 5.69 Å². The predicted octanol–water partition coefficient (Wildman–Crippen LogP) is 6.60. The van der Waals surface area contributed by atoms with E-state index in [1.807, 2.05) is 50.2 Å². The molecule has 33 heavy (non-hydrogen) atoms. The summed E-state index contributed by atoms with van der Waals surface area (Å²) in [7, 11) is -3.37. The van der Waals surface area contributed by atoms with E-state index in [9.17, 15) is 8.42 Å². The molecular weight excluding hydrogens is 438 g/mol. The van der Waals surface area contributed by atoms with E-state index in [0.717, 1.165) is 46.4 Å². The first-order chi connectivity index (χ1) is 15.9. The molecule has 1 N–H and O–H groups in total. The molecule has 0 aliphatic heterocycles. The second-order valence-electron chi connectivity index (χ2n) is 8.34. The molecule has 180 valence electrons. The molecular formula is C26H35NO5S. The molecule has 0 aliphatic carbocycles. The molecule has 0 bridgehead atoms. The third kappa shape index (κ3) is 6.74. The largest absolute Gasteiger partial charge is 0.494 e. The zero-order valence-electron chi connectivity index (χ0n) is 20.0. The Bertz CT molecular complexity index is 1140. The summed E-state index contributed by atoms with van der Waals surface area (Å²) in [5.74, 6) is 2.09. The SMILES string of the molecule is CCCC(C)c1oc2ccc(NS(=O)(=O)CCC)cc2c1COCc1ccc(OCC)cc1. The molecule has 0 spiro atoms. The van der Waals surface area contributed by atoms with Crippen molar-refractivity contribution in [2.45, 2.75) is 66.1 Å². The second kappa shape index (κ2) is 11.6. The van der Waals surface area contributed by atoms with Crippen LogP contribution in [0.15, 0.2) is 46.9 Å². The summed E-state index contributed by atoms with van der Waals surface area (Å²) in [4.78, 5) is 0. The van der Waals surface area contributed by atoms with Gasteiger partial charge in [0.1, 0.15) is 17.1 Å². The van der Waals surface area contributed by atoms with Crippen LogP contribution in [0.5, 0.6) is 5.75 Å². The molecule has 1 aromatic heterocycles. The Hall–Kier alpha value is -2.51. The third-order valence-corrected chi connectivity index (χ3v) is 6.98. The monoisotopic (exact) mass is 473 g/mol. The van der Waals surface area contributed by atoms with Gasteiger partial charge in [-0.25, -0.2) is 8.42 Å². The summed E-state index contributed by atoms with van der Waals surface area (Å²) in [6, 6.07) is 13.3. The van der Waals surface area contributed by atoms with Crippen LogP contribution in [0.3, 0.4) is 0 Å². The van der Waals surface area contributed by atoms with Gasteiger partial charge >= 0.3 is 0 Å². The van der Waals surface area contributed by atoms with Crippen LogP contribution >= 0.6 is 0 Å². The van der Waals surface area contributed by atoms with E-state index in [1.54, 1.807) is 6.07 Å². The van der Waals surface area contributed by atoms with Crippen LogP contribution in [0.25, 0.3) is 11.0 Å². The van der Waals surface area contributed by atoms with Crippen molar-refractivity contribution in [3.8, 4) is 5.75 Å². The Labute approximate surface area is 197 Å². The summed E-state index contributed by atoms with van der Waals surface area (Å²) in [6.07, 6.45) is 2.61. The number of sulfonamides is 1. The molecule has 0 saturated heterocycles. The second-order valence-corrected chi connectivity index (χ2v) is 10.2. The van der Waals surface area contributed by atoms with Gasteiger partial charge in [-0.15, -0.1) is 0 Å². The van der Waals surface area contributed by atoms with E-state index in [-0.39, 0.29) is 11.7 Å². The number of hydrogen-bond donors (Lipinski definition) is 1. The summed E-state index contributed by atoms with van der Waals surface area (Å²) < 4.78 is 45.0. The summed E-state index contributed by atoms with van der Waals surface area (Å²) >= 11 is 0. The van der Waals surface area contributed by atoms with Gasteiger partial charge in [-0.3, -0.25) is 4.72 Å². The highest BCUT2D eigenvalue weighted by molar-refractivity contribution is 7.92. The highest BCUT2D eigenvalue weighted by Crippen LogP contribution is 2.35. The standard InChI is InChI=1S/C26H35NO5S/c1-5-8-19(4)26-24(18-30-17-20-9-12-22(13-10-20)31-7-3)23-16-21(11-14-25(23)32-26)27-33(28,29)15-6-2/h9-14,16,19,27H,5-8,15,17-18H2,1-4H3. The van der Waals surface area contributed by atoms with Gasteiger partial charge in [-0.05, 0) is 55.7 Å². The average molecular weight is 474 g/mol. The van der Waals surface area contributed by atoms with Crippen molar-refractivity contribution in [1.82, 2.24) is 0 Å². The topological polar surface area (TPSA) is 77.8 Å². The van der Waals surface area contributed by atoms with E-state index >= 15 is 0 Å². The van der Waals surface area contributed by atoms with E-state index < -0.39 is 10.0 Å². The molecule has 3 rings (SSSR count).